The van der Waals surface area contributed by atoms with Gasteiger partial charge in [-0.1, -0.05) is 36.4 Å². The highest BCUT2D eigenvalue weighted by Gasteiger charge is 2.19. The lowest BCUT2D eigenvalue weighted by Crippen LogP contribution is -2.17. The van der Waals surface area contributed by atoms with E-state index in [1.54, 1.807) is 20.8 Å². The van der Waals surface area contributed by atoms with Gasteiger partial charge in [-0.05, 0) is 27.2 Å². The number of hydrogen-bond donors (Lipinski definition) is 2. The highest BCUT2D eigenvalue weighted by Crippen LogP contribution is 2.24. The van der Waals surface area contributed by atoms with Crippen molar-refractivity contribution in [2.75, 3.05) is 16.9 Å². The van der Waals surface area contributed by atoms with E-state index in [2.05, 4.69) is 27.4 Å². The molecule has 0 spiro atoms. The lowest BCUT2D eigenvalue weighted by molar-refractivity contribution is -0.113. The van der Waals surface area contributed by atoms with E-state index in [4.69, 9.17) is 10.6 Å². The number of anilines is 1. The Balaban J connectivity index is 1.91. The van der Waals surface area contributed by atoms with E-state index in [0.29, 0.717) is 26.7 Å². The molecule has 11 heteroatoms. The Hall–Kier alpha value is -2.14. The van der Waals surface area contributed by atoms with Crippen molar-refractivity contribution in [2.24, 2.45) is 0 Å². The van der Waals surface area contributed by atoms with Gasteiger partial charge in [0.15, 0.2) is 11.0 Å². The number of ether oxygens (including phenoxy) is 1. The quantitative estimate of drug-likeness (QED) is 0.365. The van der Waals surface area contributed by atoms with Crippen molar-refractivity contribution in [3.05, 3.63) is 16.4 Å². The number of nitrogen functional groups attached to an aromatic ring is 1. The average molecular weight is 413 g/mol. The molecule has 0 aliphatic carbocycles. The molecule has 0 bridgehead atoms. The summed E-state index contributed by atoms with van der Waals surface area (Å²) in [5, 5.41) is 11.6. The summed E-state index contributed by atoms with van der Waals surface area (Å²) in [6.07, 6.45) is 2.55. The smallest absolute Gasteiger partial charge is 0.350 e. The van der Waals surface area contributed by atoms with Gasteiger partial charge in [0.2, 0.25) is 11.1 Å². The van der Waals surface area contributed by atoms with Crippen LogP contribution >= 0.6 is 23.1 Å². The zero-order valence-electron chi connectivity index (χ0n) is 15.8. The Kier molecular flexibility index (Phi) is 7.60. The van der Waals surface area contributed by atoms with Crippen LogP contribution < -0.4 is 11.2 Å². The molecule has 2 heterocycles. The first-order chi connectivity index (χ1) is 12.8. The van der Waals surface area contributed by atoms with Gasteiger partial charge in [0.05, 0.1) is 17.6 Å². The van der Waals surface area contributed by atoms with Gasteiger partial charge in [-0.2, -0.15) is 0 Å². The number of nitrogens with one attached hydrogen (secondary N) is 1. The minimum Gasteiger partial charge on any atom is -0.459 e. The van der Waals surface area contributed by atoms with Gasteiger partial charge in [-0.25, -0.2) is 14.5 Å². The third kappa shape index (κ3) is 5.93. The van der Waals surface area contributed by atoms with E-state index >= 15 is 0 Å². The fourth-order valence-electron chi connectivity index (χ4n) is 2.10. The number of amides is 1. The number of hydrogen-bond acceptors (Lipinski definition) is 9. The largest absolute Gasteiger partial charge is 0.459 e. The van der Waals surface area contributed by atoms with Crippen LogP contribution in [0.3, 0.4) is 0 Å². The van der Waals surface area contributed by atoms with Crippen LogP contribution in [0, 0.1) is 6.92 Å². The van der Waals surface area contributed by atoms with Crippen molar-refractivity contribution in [3.63, 3.8) is 0 Å². The predicted molar refractivity (Wildman–Crippen MR) is 106 cm³/mol. The van der Waals surface area contributed by atoms with Crippen molar-refractivity contribution in [1.29, 1.82) is 0 Å². The summed E-state index contributed by atoms with van der Waals surface area (Å²) < 4.78 is 6.58. The zero-order valence-corrected chi connectivity index (χ0v) is 17.4. The molecular formula is C16H24N6O3S2. The van der Waals surface area contributed by atoms with E-state index in [0.717, 1.165) is 30.6 Å². The second kappa shape index (κ2) is 9.70. The summed E-state index contributed by atoms with van der Waals surface area (Å²) in [6.45, 7) is 7.34. The number of nitrogens with two attached hydrogens (primary N) is 1. The van der Waals surface area contributed by atoms with Crippen LogP contribution in [-0.4, -0.2) is 43.6 Å². The van der Waals surface area contributed by atoms with Crippen LogP contribution in [0.1, 0.15) is 54.8 Å². The molecule has 0 unspecified atom stereocenters. The SMILES string of the molecule is CCCCc1nnc(SCC(=O)Nc2nc(C)c(C(=O)OC(C)C)s2)n1N. The number of esters is 1. The maximum Gasteiger partial charge on any atom is 0.350 e. The van der Waals surface area contributed by atoms with Crippen molar-refractivity contribution < 1.29 is 14.3 Å². The zero-order chi connectivity index (χ0) is 20.0. The first-order valence-electron chi connectivity index (χ1n) is 8.62. The summed E-state index contributed by atoms with van der Waals surface area (Å²) >= 11 is 2.28. The molecule has 0 aliphatic heterocycles. The standard InChI is InChI=1S/C16H24N6O3S2/c1-5-6-7-11-20-21-16(22(11)17)26-8-12(23)19-15-18-10(4)13(27-15)14(24)25-9(2)3/h9H,5-8,17H2,1-4H3,(H,18,19,23). The number of aromatic nitrogens is 4. The molecule has 9 nitrogen and oxygen atoms in total. The van der Waals surface area contributed by atoms with E-state index in [-0.39, 0.29) is 17.8 Å². The molecule has 27 heavy (non-hydrogen) atoms. The Labute approximate surface area is 166 Å². The Morgan fingerprint density at radius 2 is 2.11 bits per heavy atom. The Morgan fingerprint density at radius 3 is 2.78 bits per heavy atom. The molecule has 0 fully saturated rings. The molecular weight excluding hydrogens is 388 g/mol. The Morgan fingerprint density at radius 1 is 1.37 bits per heavy atom. The van der Waals surface area contributed by atoms with Gasteiger partial charge >= 0.3 is 5.97 Å². The van der Waals surface area contributed by atoms with Crippen LogP contribution in [0.2, 0.25) is 0 Å². The van der Waals surface area contributed by atoms with E-state index < -0.39 is 5.97 Å². The molecule has 0 atom stereocenters. The van der Waals surface area contributed by atoms with Crippen molar-refractivity contribution in [1.82, 2.24) is 19.9 Å². The van der Waals surface area contributed by atoms with E-state index in [1.165, 1.54) is 16.4 Å². The van der Waals surface area contributed by atoms with Crippen LogP contribution in [0.25, 0.3) is 0 Å². The van der Waals surface area contributed by atoms with Crippen LogP contribution in [-0.2, 0) is 16.0 Å². The molecule has 148 valence electrons. The molecule has 0 saturated carbocycles. The summed E-state index contributed by atoms with van der Waals surface area (Å²) in [5.74, 6) is 6.05. The second-order valence-corrected chi connectivity index (χ2v) is 8.04. The number of thioether (sulfide) groups is 1. The summed E-state index contributed by atoms with van der Waals surface area (Å²) in [5.41, 5.74) is 0.524. The van der Waals surface area contributed by atoms with Crippen LogP contribution in [0.15, 0.2) is 5.16 Å². The van der Waals surface area contributed by atoms with Gasteiger partial charge in [0.1, 0.15) is 4.88 Å². The van der Waals surface area contributed by atoms with E-state index in [1.807, 2.05) is 0 Å². The van der Waals surface area contributed by atoms with Crippen LogP contribution in [0.4, 0.5) is 5.13 Å². The van der Waals surface area contributed by atoms with Crippen molar-refractivity contribution in [2.45, 2.75) is 58.2 Å². The summed E-state index contributed by atoms with van der Waals surface area (Å²) in [4.78, 5) is 28.8. The molecule has 2 aromatic heterocycles. The third-order valence-corrected chi connectivity index (χ3v) is 5.39. The molecule has 0 saturated heterocycles. The minimum atomic E-state index is -0.439. The van der Waals surface area contributed by atoms with Gasteiger partial charge in [0, 0.05) is 6.42 Å². The number of carbonyl (C=O) groups excluding carboxylic acids is 2. The highest BCUT2D eigenvalue weighted by atomic mass is 32.2. The highest BCUT2D eigenvalue weighted by molar-refractivity contribution is 7.99. The normalized spacial score (nSPS) is 11.0. The molecule has 1 amide bonds. The van der Waals surface area contributed by atoms with Crippen LogP contribution in [0.5, 0.6) is 0 Å². The molecule has 0 radical (unpaired) electrons. The van der Waals surface area contributed by atoms with Gasteiger partial charge < -0.3 is 15.9 Å². The lowest BCUT2D eigenvalue weighted by atomic mass is 10.2. The number of rotatable bonds is 9. The summed E-state index contributed by atoms with van der Waals surface area (Å²) in [6, 6.07) is 0. The molecule has 0 aromatic carbocycles. The first kappa shape index (κ1) is 21.2. The second-order valence-electron chi connectivity index (χ2n) is 6.10. The molecule has 0 aliphatic rings. The number of unbranched alkanes of at least 4 members (excludes halogenated alkanes) is 1. The predicted octanol–water partition coefficient (Wildman–Crippen LogP) is 2.40. The monoisotopic (exact) mass is 412 g/mol. The maximum absolute atomic E-state index is 12.2. The molecule has 2 aromatic rings. The number of nitrogens with zero attached hydrogens (tertiary/aromatic N) is 4. The average Bonchev–Trinajstić information content (AvgIpc) is 3.13. The topological polar surface area (TPSA) is 125 Å². The fraction of sp³-hybridized carbons (Fsp3) is 0.562. The van der Waals surface area contributed by atoms with Gasteiger partial charge in [-0.3, -0.25) is 4.79 Å². The Bertz CT molecular complexity index is 802. The number of carbonyl (C=O) groups is 2. The number of aryl methyl sites for hydroxylation is 2. The molecule has 2 rings (SSSR count). The van der Waals surface area contributed by atoms with Crippen molar-refractivity contribution in [3.8, 4) is 0 Å². The lowest BCUT2D eigenvalue weighted by Gasteiger charge is -2.05. The maximum atomic E-state index is 12.2. The van der Waals surface area contributed by atoms with Crippen molar-refractivity contribution >= 4 is 40.1 Å². The minimum absolute atomic E-state index is 0.105. The third-order valence-electron chi connectivity index (χ3n) is 3.39. The van der Waals surface area contributed by atoms with Gasteiger partial charge in [0.25, 0.3) is 0 Å². The first-order valence-corrected chi connectivity index (χ1v) is 10.4. The number of thiazole rings is 1. The fourth-order valence-corrected chi connectivity index (χ4v) is 3.64. The molecule has 3 N–H and O–H groups in total. The van der Waals surface area contributed by atoms with Gasteiger partial charge in [-0.15, -0.1) is 10.2 Å². The summed E-state index contributed by atoms with van der Waals surface area (Å²) in [7, 11) is 0. The van der Waals surface area contributed by atoms with E-state index in [9.17, 15) is 9.59 Å².